The molecule has 1 fully saturated rings. The molecule has 1 N–H and O–H groups in total. The molecule has 5 heteroatoms. The molecule has 0 bridgehead atoms. The van der Waals surface area contributed by atoms with E-state index in [4.69, 9.17) is 9.47 Å². The molecular formula is C23H27NO4. The Bertz CT molecular complexity index is 798. The summed E-state index contributed by atoms with van der Waals surface area (Å²) in [7, 11) is 0. The first-order valence-corrected chi connectivity index (χ1v) is 9.44. The van der Waals surface area contributed by atoms with Crippen LogP contribution in [0.4, 0.5) is 4.79 Å². The van der Waals surface area contributed by atoms with Crippen LogP contribution < -0.4 is 0 Å². The van der Waals surface area contributed by atoms with E-state index in [1.165, 1.54) is 4.90 Å². The van der Waals surface area contributed by atoms with E-state index in [0.29, 0.717) is 6.61 Å². The molecule has 1 amide bonds. The Morgan fingerprint density at radius 3 is 2.36 bits per heavy atom. The van der Waals surface area contributed by atoms with Gasteiger partial charge in [0.1, 0.15) is 11.7 Å². The van der Waals surface area contributed by atoms with Gasteiger partial charge in [0.05, 0.1) is 12.6 Å². The van der Waals surface area contributed by atoms with Gasteiger partial charge in [0.25, 0.3) is 0 Å². The fourth-order valence-electron chi connectivity index (χ4n) is 3.14. The van der Waals surface area contributed by atoms with Gasteiger partial charge in [-0.2, -0.15) is 0 Å². The molecule has 28 heavy (non-hydrogen) atoms. The average Bonchev–Trinajstić information content (AvgIpc) is 3.12. The van der Waals surface area contributed by atoms with Crippen molar-refractivity contribution in [3.8, 4) is 0 Å². The van der Waals surface area contributed by atoms with Crippen LogP contribution in [0, 0.1) is 0 Å². The largest absolute Gasteiger partial charge is 0.444 e. The number of benzene rings is 2. The van der Waals surface area contributed by atoms with Crippen LogP contribution in [-0.2, 0) is 9.47 Å². The van der Waals surface area contributed by atoms with Crippen LogP contribution in [0.25, 0.3) is 6.08 Å². The Morgan fingerprint density at radius 1 is 1.14 bits per heavy atom. The van der Waals surface area contributed by atoms with Crippen molar-refractivity contribution in [1.82, 2.24) is 4.90 Å². The Hall–Kier alpha value is -2.63. The first-order valence-electron chi connectivity index (χ1n) is 9.44. The van der Waals surface area contributed by atoms with E-state index >= 15 is 0 Å². The van der Waals surface area contributed by atoms with E-state index < -0.39 is 24.0 Å². The number of aliphatic hydroxyl groups is 1. The minimum Gasteiger partial charge on any atom is -0.444 e. The summed E-state index contributed by atoms with van der Waals surface area (Å²) in [5.41, 5.74) is 1.26. The van der Waals surface area contributed by atoms with E-state index in [9.17, 15) is 9.90 Å². The molecule has 1 unspecified atom stereocenters. The Balaban J connectivity index is 1.84. The van der Waals surface area contributed by atoms with Crippen LogP contribution >= 0.6 is 0 Å². The SMILES string of the molecule is CC(C)(C)OC(=O)N1[C@@H](C(O)/C=C/c2ccccc2)OC[C@H]1c1ccccc1. The molecular weight excluding hydrogens is 354 g/mol. The van der Waals surface area contributed by atoms with Gasteiger partial charge in [-0.05, 0) is 31.9 Å². The van der Waals surface area contributed by atoms with E-state index in [1.807, 2.05) is 87.5 Å². The minimum absolute atomic E-state index is 0.296. The fraction of sp³-hybridized carbons (Fsp3) is 0.348. The number of amides is 1. The van der Waals surface area contributed by atoms with E-state index in [2.05, 4.69) is 0 Å². The highest BCUT2D eigenvalue weighted by atomic mass is 16.6. The molecule has 1 aliphatic heterocycles. The Kier molecular flexibility index (Phi) is 6.17. The van der Waals surface area contributed by atoms with Gasteiger partial charge < -0.3 is 14.6 Å². The van der Waals surface area contributed by atoms with Gasteiger partial charge in [0.15, 0.2) is 6.23 Å². The van der Waals surface area contributed by atoms with E-state index in [0.717, 1.165) is 11.1 Å². The van der Waals surface area contributed by atoms with Crippen LogP contribution in [0.2, 0.25) is 0 Å². The second-order valence-corrected chi connectivity index (χ2v) is 7.80. The van der Waals surface area contributed by atoms with Gasteiger partial charge in [0, 0.05) is 0 Å². The average molecular weight is 381 g/mol. The maximum atomic E-state index is 12.9. The third-order valence-corrected chi connectivity index (χ3v) is 4.40. The van der Waals surface area contributed by atoms with Crippen molar-refractivity contribution >= 4 is 12.2 Å². The van der Waals surface area contributed by atoms with Crippen LogP contribution in [-0.4, -0.2) is 40.6 Å². The van der Waals surface area contributed by atoms with Gasteiger partial charge in [0.2, 0.25) is 0 Å². The lowest BCUT2D eigenvalue weighted by Gasteiger charge is -2.32. The maximum absolute atomic E-state index is 12.9. The zero-order valence-corrected chi connectivity index (χ0v) is 16.5. The first kappa shape index (κ1) is 20.1. The molecule has 0 spiro atoms. The number of rotatable bonds is 4. The van der Waals surface area contributed by atoms with Crippen molar-refractivity contribution < 1.29 is 19.4 Å². The molecule has 5 nitrogen and oxygen atoms in total. The van der Waals surface area contributed by atoms with Crippen molar-refractivity contribution in [2.24, 2.45) is 0 Å². The summed E-state index contributed by atoms with van der Waals surface area (Å²) in [4.78, 5) is 14.4. The van der Waals surface area contributed by atoms with E-state index in [-0.39, 0.29) is 6.04 Å². The van der Waals surface area contributed by atoms with Crippen LogP contribution in [0.1, 0.15) is 37.9 Å². The molecule has 2 aromatic carbocycles. The second kappa shape index (κ2) is 8.59. The summed E-state index contributed by atoms with van der Waals surface area (Å²) >= 11 is 0. The normalized spacial score (nSPS) is 21.1. The van der Waals surface area contributed by atoms with Crippen molar-refractivity contribution in [2.45, 2.75) is 44.7 Å². The third kappa shape index (κ3) is 5.00. The molecule has 0 aliphatic carbocycles. The van der Waals surface area contributed by atoms with Gasteiger partial charge in [-0.3, -0.25) is 4.90 Å². The van der Waals surface area contributed by atoms with Crippen molar-refractivity contribution in [3.63, 3.8) is 0 Å². The van der Waals surface area contributed by atoms with Gasteiger partial charge >= 0.3 is 6.09 Å². The lowest BCUT2D eigenvalue weighted by atomic mass is 10.1. The van der Waals surface area contributed by atoms with Crippen LogP contribution in [0.5, 0.6) is 0 Å². The number of nitrogens with zero attached hydrogens (tertiary/aromatic N) is 1. The number of carbonyl (C=O) groups excluding carboxylic acids is 1. The standard InChI is InChI=1S/C23H27NO4/c1-23(2,3)28-22(26)24-19(18-12-8-5-9-13-18)16-27-21(24)20(25)15-14-17-10-6-4-7-11-17/h4-15,19-21,25H,16H2,1-3H3/b15-14+/t19-,20?,21+/m0/s1. The van der Waals surface area contributed by atoms with Crippen LogP contribution in [0.3, 0.4) is 0 Å². The lowest BCUT2D eigenvalue weighted by molar-refractivity contribution is -0.0546. The zero-order chi connectivity index (χ0) is 20.1. The summed E-state index contributed by atoms with van der Waals surface area (Å²) in [5.74, 6) is 0. The highest BCUT2D eigenvalue weighted by Crippen LogP contribution is 2.33. The summed E-state index contributed by atoms with van der Waals surface area (Å²) in [6, 6.07) is 19.0. The summed E-state index contributed by atoms with van der Waals surface area (Å²) in [6.45, 7) is 5.75. The second-order valence-electron chi connectivity index (χ2n) is 7.80. The molecule has 2 aromatic rings. The number of hydrogen-bond donors (Lipinski definition) is 1. The molecule has 1 saturated heterocycles. The number of ether oxygens (including phenoxy) is 2. The predicted octanol–water partition coefficient (Wildman–Crippen LogP) is 4.40. The smallest absolute Gasteiger partial charge is 0.413 e. The summed E-state index contributed by atoms with van der Waals surface area (Å²) < 4.78 is 11.4. The summed E-state index contributed by atoms with van der Waals surface area (Å²) in [6.07, 6.45) is 1.15. The highest BCUT2D eigenvalue weighted by Gasteiger charge is 2.43. The quantitative estimate of drug-likeness (QED) is 0.853. The van der Waals surface area contributed by atoms with Gasteiger partial charge in [-0.15, -0.1) is 0 Å². The molecule has 1 aliphatic rings. The molecule has 0 radical (unpaired) electrons. The zero-order valence-electron chi connectivity index (χ0n) is 16.5. The van der Waals surface area contributed by atoms with E-state index in [1.54, 1.807) is 6.08 Å². The Labute approximate surface area is 166 Å². The maximum Gasteiger partial charge on any atom is 0.413 e. The topological polar surface area (TPSA) is 59.0 Å². The molecule has 148 valence electrons. The van der Waals surface area contributed by atoms with Crippen molar-refractivity contribution in [1.29, 1.82) is 0 Å². The third-order valence-electron chi connectivity index (χ3n) is 4.40. The van der Waals surface area contributed by atoms with Crippen molar-refractivity contribution in [3.05, 3.63) is 77.9 Å². The molecule has 3 atom stereocenters. The van der Waals surface area contributed by atoms with Gasteiger partial charge in [-0.1, -0.05) is 72.8 Å². The minimum atomic E-state index is -0.985. The van der Waals surface area contributed by atoms with Crippen LogP contribution in [0.15, 0.2) is 66.7 Å². The molecule has 1 heterocycles. The molecule has 3 rings (SSSR count). The summed E-state index contributed by atoms with van der Waals surface area (Å²) in [5, 5.41) is 10.7. The number of aliphatic hydroxyl groups excluding tert-OH is 1. The van der Waals surface area contributed by atoms with Gasteiger partial charge in [-0.25, -0.2) is 4.79 Å². The molecule has 0 saturated carbocycles. The number of hydrogen-bond acceptors (Lipinski definition) is 4. The monoisotopic (exact) mass is 381 g/mol. The lowest BCUT2D eigenvalue weighted by Crippen LogP contribution is -2.46. The molecule has 0 aromatic heterocycles. The highest BCUT2D eigenvalue weighted by molar-refractivity contribution is 5.70. The first-order chi connectivity index (χ1) is 13.3. The Morgan fingerprint density at radius 2 is 1.75 bits per heavy atom. The number of carbonyl (C=O) groups is 1. The fourth-order valence-corrected chi connectivity index (χ4v) is 3.14. The predicted molar refractivity (Wildman–Crippen MR) is 108 cm³/mol. The van der Waals surface area contributed by atoms with Crippen molar-refractivity contribution in [2.75, 3.05) is 6.61 Å².